The first kappa shape index (κ1) is 23.4. The maximum Gasteiger partial charge on any atom is 0.269 e. The summed E-state index contributed by atoms with van der Waals surface area (Å²) >= 11 is 0. The fourth-order valence-corrected chi connectivity index (χ4v) is 2.76. The van der Waals surface area contributed by atoms with Crippen molar-refractivity contribution in [3.8, 4) is 29.2 Å². The summed E-state index contributed by atoms with van der Waals surface area (Å²) in [6.45, 7) is 4.40. The van der Waals surface area contributed by atoms with Gasteiger partial charge in [-0.2, -0.15) is 5.26 Å². The molecule has 0 aliphatic heterocycles. The van der Waals surface area contributed by atoms with E-state index < -0.39 is 11.5 Å². The van der Waals surface area contributed by atoms with Crippen molar-refractivity contribution in [2.24, 2.45) is 5.73 Å². The third-order valence-corrected chi connectivity index (χ3v) is 4.53. The number of amides is 2. The van der Waals surface area contributed by atoms with E-state index in [1.807, 2.05) is 6.92 Å². The molecule has 0 saturated heterocycles. The van der Waals surface area contributed by atoms with Gasteiger partial charge in [0, 0.05) is 37.7 Å². The van der Waals surface area contributed by atoms with Crippen molar-refractivity contribution >= 4 is 18.0 Å². The number of carbonyl (C=O) groups is 2. The molecule has 2 rings (SSSR count). The molecule has 0 bridgehead atoms. The van der Waals surface area contributed by atoms with Crippen molar-refractivity contribution < 1.29 is 14.7 Å². The standard InChI is InChI=1S/C23H25N5O3/c1-4-26-20-8-7-19(27-21(20)22(25)30)17-5-6-18(14-24)16(13-17)9-10-23(2,31)11-12-28(3)15-29/h5-8,13,15,26,31H,4,11-12H2,1-3H3,(H2,25,30). The van der Waals surface area contributed by atoms with Gasteiger partial charge in [0.05, 0.1) is 16.9 Å². The number of nitrogens with one attached hydrogen (secondary N) is 1. The molecule has 8 heteroatoms. The quantitative estimate of drug-likeness (QED) is 0.441. The van der Waals surface area contributed by atoms with Crippen molar-refractivity contribution in [2.75, 3.05) is 25.5 Å². The number of aromatic nitrogens is 1. The summed E-state index contributed by atoms with van der Waals surface area (Å²) in [5.74, 6) is 4.99. The Bertz CT molecular complexity index is 1080. The van der Waals surface area contributed by atoms with E-state index in [-0.39, 0.29) is 12.1 Å². The summed E-state index contributed by atoms with van der Waals surface area (Å²) in [5, 5.41) is 22.9. The number of hydrogen-bond acceptors (Lipinski definition) is 6. The minimum Gasteiger partial charge on any atom is -0.383 e. The van der Waals surface area contributed by atoms with Gasteiger partial charge in [0.15, 0.2) is 5.69 Å². The highest BCUT2D eigenvalue weighted by atomic mass is 16.3. The van der Waals surface area contributed by atoms with Crippen molar-refractivity contribution in [1.82, 2.24) is 9.88 Å². The number of nitrogens with zero attached hydrogens (tertiary/aromatic N) is 3. The maximum atomic E-state index is 11.8. The first-order chi connectivity index (χ1) is 14.7. The lowest BCUT2D eigenvalue weighted by atomic mass is 9.99. The van der Waals surface area contributed by atoms with Gasteiger partial charge in [-0.05, 0) is 38.1 Å². The van der Waals surface area contributed by atoms with E-state index in [1.54, 1.807) is 44.3 Å². The summed E-state index contributed by atoms with van der Waals surface area (Å²) in [6.07, 6.45) is 0.932. The van der Waals surface area contributed by atoms with Crippen molar-refractivity contribution in [3.05, 3.63) is 47.2 Å². The number of nitriles is 1. The number of carbonyl (C=O) groups excluding carboxylic acids is 2. The first-order valence-corrected chi connectivity index (χ1v) is 9.71. The van der Waals surface area contributed by atoms with E-state index in [1.165, 1.54) is 4.90 Å². The number of primary amides is 1. The predicted molar refractivity (Wildman–Crippen MR) is 118 cm³/mol. The van der Waals surface area contributed by atoms with E-state index in [9.17, 15) is 20.0 Å². The summed E-state index contributed by atoms with van der Waals surface area (Å²) in [6, 6.07) is 10.6. The van der Waals surface area contributed by atoms with Gasteiger partial charge >= 0.3 is 0 Å². The van der Waals surface area contributed by atoms with Crippen LogP contribution in [0.3, 0.4) is 0 Å². The molecular formula is C23H25N5O3. The molecule has 8 nitrogen and oxygen atoms in total. The lowest BCUT2D eigenvalue weighted by molar-refractivity contribution is -0.117. The van der Waals surface area contributed by atoms with Gasteiger partial charge in [0.1, 0.15) is 11.7 Å². The van der Waals surface area contributed by atoms with Gasteiger partial charge in [-0.1, -0.05) is 17.9 Å². The number of hydrogen-bond donors (Lipinski definition) is 3. The maximum absolute atomic E-state index is 11.8. The van der Waals surface area contributed by atoms with Gasteiger partial charge in [-0.3, -0.25) is 9.59 Å². The Labute approximate surface area is 181 Å². The number of aliphatic hydroxyl groups is 1. The monoisotopic (exact) mass is 419 g/mol. The Morgan fingerprint density at radius 3 is 2.71 bits per heavy atom. The topological polar surface area (TPSA) is 132 Å². The summed E-state index contributed by atoms with van der Waals surface area (Å²) < 4.78 is 0. The van der Waals surface area contributed by atoms with Crippen LogP contribution in [0, 0.1) is 23.2 Å². The van der Waals surface area contributed by atoms with Crippen LogP contribution in [-0.4, -0.2) is 53.0 Å². The largest absolute Gasteiger partial charge is 0.383 e. The molecule has 0 spiro atoms. The molecule has 1 aromatic carbocycles. The minimum absolute atomic E-state index is 0.124. The number of nitrogens with two attached hydrogens (primary N) is 1. The summed E-state index contributed by atoms with van der Waals surface area (Å²) in [5.41, 5.74) is 6.70. The smallest absolute Gasteiger partial charge is 0.269 e. The van der Waals surface area contributed by atoms with Gasteiger partial charge in [-0.25, -0.2) is 4.98 Å². The molecule has 31 heavy (non-hydrogen) atoms. The van der Waals surface area contributed by atoms with Crippen molar-refractivity contribution in [1.29, 1.82) is 5.26 Å². The lowest BCUT2D eigenvalue weighted by Gasteiger charge is -2.19. The fraction of sp³-hybridized carbons (Fsp3) is 0.304. The Kier molecular flexibility index (Phi) is 7.73. The average molecular weight is 419 g/mol. The third-order valence-electron chi connectivity index (χ3n) is 4.53. The normalized spacial score (nSPS) is 12.0. The van der Waals surface area contributed by atoms with Crippen molar-refractivity contribution in [2.45, 2.75) is 25.9 Å². The molecular weight excluding hydrogens is 394 g/mol. The van der Waals surface area contributed by atoms with E-state index >= 15 is 0 Å². The molecule has 4 N–H and O–H groups in total. The molecule has 0 aliphatic carbocycles. The highest BCUT2D eigenvalue weighted by molar-refractivity contribution is 5.97. The van der Waals surface area contributed by atoms with Crippen molar-refractivity contribution in [3.63, 3.8) is 0 Å². The lowest BCUT2D eigenvalue weighted by Crippen LogP contribution is -2.29. The highest BCUT2D eigenvalue weighted by Gasteiger charge is 2.18. The SMILES string of the molecule is CCNc1ccc(-c2ccc(C#N)c(C#CC(C)(O)CCN(C)C=O)c2)nc1C(N)=O. The van der Waals surface area contributed by atoms with Crippen LogP contribution in [0.5, 0.6) is 0 Å². The number of rotatable bonds is 8. The number of benzene rings is 1. The highest BCUT2D eigenvalue weighted by Crippen LogP contribution is 2.24. The van der Waals surface area contributed by atoms with Gasteiger partial charge in [0.2, 0.25) is 6.41 Å². The van der Waals surface area contributed by atoms with E-state index in [0.717, 1.165) is 0 Å². The Morgan fingerprint density at radius 1 is 1.35 bits per heavy atom. The molecule has 2 amide bonds. The molecule has 0 radical (unpaired) electrons. The number of anilines is 1. The van der Waals surface area contributed by atoms with Crippen LogP contribution in [0.4, 0.5) is 5.69 Å². The summed E-state index contributed by atoms with van der Waals surface area (Å²) in [4.78, 5) is 28.3. The zero-order valence-corrected chi connectivity index (χ0v) is 17.8. The Balaban J connectivity index is 2.42. The molecule has 1 aromatic heterocycles. The van der Waals surface area contributed by atoms with E-state index in [2.05, 4.69) is 28.2 Å². The van der Waals surface area contributed by atoms with Crippen LogP contribution in [0.2, 0.25) is 0 Å². The first-order valence-electron chi connectivity index (χ1n) is 9.71. The molecule has 160 valence electrons. The molecule has 0 aliphatic rings. The van der Waals surface area contributed by atoms with E-state index in [0.29, 0.717) is 47.6 Å². The number of pyridine rings is 1. The Hall–Kier alpha value is -3.88. The fourth-order valence-electron chi connectivity index (χ4n) is 2.76. The zero-order valence-electron chi connectivity index (χ0n) is 17.8. The molecule has 1 atom stereocenters. The predicted octanol–water partition coefficient (Wildman–Crippen LogP) is 1.73. The van der Waals surface area contributed by atoms with Crippen LogP contribution in [0.1, 0.15) is 41.9 Å². The molecule has 2 aromatic rings. The van der Waals surface area contributed by atoms with Crippen LogP contribution >= 0.6 is 0 Å². The molecule has 0 saturated carbocycles. The third kappa shape index (κ3) is 6.30. The van der Waals surface area contributed by atoms with Gasteiger partial charge < -0.3 is 21.1 Å². The molecule has 0 fully saturated rings. The Morgan fingerprint density at radius 2 is 2.10 bits per heavy atom. The second-order valence-corrected chi connectivity index (χ2v) is 7.22. The zero-order chi connectivity index (χ0) is 23.0. The van der Waals surface area contributed by atoms with Crippen LogP contribution in [0.25, 0.3) is 11.3 Å². The van der Waals surface area contributed by atoms with E-state index in [4.69, 9.17) is 5.73 Å². The average Bonchev–Trinajstić information content (AvgIpc) is 2.76. The second-order valence-electron chi connectivity index (χ2n) is 7.22. The summed E-state index contributed by atoms with van der Waals surface area (Å²) in [7, 11) is 1.61. The molecule has 1 unspecified atom stereocenters. The minimum atomic E-state index is -1.34. The van der Waals surface area contributed by atoms with Gasteiger partial charge in [0.25, 0.3) is 5.91 Å². The van der Waals surface area contributed by atoms with Crippen LogP contribution in [0.15, 0.2) is 30.3 Å². The van der Waals surface area contributed by atoms with Gasteiger partial charge in [-0.15, -0.1) is 0 Å². The van der Waals surface area contributed by atoms with Crippen LogP contribution < -0.4 is 11.1 Å². The van der Waals surface area contributed by atoms with Crippen LogP contribution in [-0.2, 0) is 4.79 Å². The molecule has 1 heterocycles. The second kappa shape index (κ2) is 10.2.